The number of rotatable bonds is 4. The van der Waals surface area contributed by atoms with Crippen molar-refractivity contribution in [3.05, 3.63) is 82.2 Å². The zero-order valence-electron chi connectivity index (χ0n) is 13.7. The van der Waals surface area contributed by atoms with Crippen molar-refractivity contribution in [2.75, 3.05) is 7.11 Å². The summed E-state index contributed by atoms with van der Waals surface area (Å²) >= 11 is 1.50. The summed E-state index contributed by atoms with van der Waals surface area (Å²) in [4.78, 5) is 18.3. The standard InChI is InChI=1S/C20H16N2O2S/c1-24-16-9-5-6-14(10-16)11-22-13-21-19-18(20(22)23)17(12-25-19)15-7-3-2-4-8-15/h2-10,12-13H,11H2,1H3. The molecule has 4 nitrogen and oxygen atoms in total. The Kier molecular flexibility index (Phi) is 4.07. The van der Waals surface area contributed by atoms with Gasteiger partial charge in [0, 0.05) is 10.9 Å². The molecule has 0 fully saturated rings. The van der Waals surface area contributed by atoms with Crippen LogP contribution in [0.25, 0.3) is 21.3 Å². The van der Waals surface area contributed by atoms with E-state index in [1.807, 2.05) is 60.0 Å². The van der Waals surface area contributed by atoms with Crippen molar-refractivity contribution >= 4 is 21.6 Å². The quantitative estimate of drug-likeness (QED) is 0.556. The van der Waals surface area contributed by atoms with E-state index < -0.39 is 0 Å². The molecule has 2 heterocycles. The second-order valence-electron chi connectivity index (χ2n) is 5.72. The monoisotopic (exact) mass is 348 g/mol. The number of aromatic nitrogens is 2. The van der Waals surface area contributed by atoms with Gasteiger partial charge in [0.25, 0.3) is 5.56 Å². The highest BCUT2D eigenvalue weighted by Crippen LogP contribution is 2.30. The van der Waals surface area contributed by atoms with Gasteiger partial charge in [0.1, 0.15) is 10.6 Å². The van der Waals surface area contributed by atoms with Crippen LogP contribution in [0.4, 0.5) is 0 Å². The van der Waals surface area contributed by atoms with Crippen LogP contribution in [-0.2, 0) is 6.54 Å². The van der Waals surface area contributed by atoms with Gasteiger partial charge in [-0.1, -0.05) is 42.5 Å². The molecule has 0 saturated heterocycles. The lowest BCUT2D eigenvalue weighted by atomic mass is 10.1. The number of methoxy groups -OCH3 is 1. The minimum atomic E-state index is -0.0204. The molecule has 0 aliphatic carbocycles. The molecule has 0 saturated carbocycles. The summed E-state index contributed by atoms with van der Waals surface area (Å²) in [6.45, 7) is 0.461. The van der Waals surface area contributed by atoms with Crippen LogP contribution in [0.15, 0.2) is 71.1 Å². The van der Waals surface area contributed by atoms with Gasteiger partial charge in [0.15, 0.2) is 0 Å². The zero-order chi connectivity index (χ0) is 17.2. The fourth-order valence-corrected chi connectivity index (χ4v) is 3.78. The largest absolute Gasteiger partial charge is 0.497 e. The van der Waals surface area contributed by atoms with Crippen molar-refractivity contribution in [3.8, 4) is 16.9 Å². The Morgan fingerprint density at radius 2 is 1.96 bits per heavy atom. The third-order valence-corrected chi connectivity index (χ3v) is 5.02. The van der Waals surface area contributed by atoms with E-state index in [-0.39, 0.29) is 5.56 Å². The molecule has 4 rings (SSSR count). The zero-order valence-corrected chi connectivity index (χ0v) is 14.5. The summed E-state index contributed by atoms with van der Waals surface area (Å²) in [5.41, 5.74) is 2.96. The maximum atomic E-state index is 13.0. The predicted molar refractivity (Wildman–Crippen MR) is 101 cm³/mol. The number of thiophene rings is 1. The van der Waals surface area contributed by atoms with Gasteiger partial charge in [-0.3, -0.25) is 9.36 Å². The average molecular weight is 348 g/mol. The van der Waals surface area contributed by atoms with Gasteiger partial charge in [0.2, 0.25) is 0 Å². The first kappa shape index (κ1) is 15.6. The Labute approximate surface area is 149 Å². The average Bonchev–Trinajstić information content (AvgIpc) is 3.10. The predicted octanol–water partition coefficient (Wildman–Crippen LogP) is 4.18. The highest BCUT2D eigenvalue weighted by molar-refractivity contribution is 7.17. The van der Waals surface area contributed by atoms with Crippen LogP contribution in [0.5, 0.6) is 5.75 Å². The summed E-state index contributed by atoms with van der Waals surface area (Å²) < 4.78 is 6.91. The Morgan fingerprint density at radius 3 is 2.76 bits per heavy atom. The van der Waals surface area contributed by atoms with Gasteiger partial charge in [-0.15, -0.1) is 11.3 Å². The van der Waals surface area contributed by atoms with Crippen LogP contribution in [0.2, 0.25) is 0 Å². The summed E-state index contributed by atoms with van der Waals surface area (Å²) in [5, 5.41) is 2.69. The molecule has 25 heavy (non-hydrogen) atoms. The van der Waals surface area contributed by atoms with Crippen LogP contribution < -0.4 is 10.3 Å². The normalized spacial score (nSPS) is 10.9. The lowest BCUT2D eigenvalue weighted by Gasteiger charge is -2.08. The Morgan fingerprint density at radius 1 is 1.12 bits per heavy atom. The van der Waals surface area contributed by atoms with E-state index >= 15 is 0 Å². The second-order valence-corrected chi connectivity index (χ2v) is 6.58. The smallest absolute Gasteiger partial charge is 0.263 e. The topological polar surface area (TPSA) is 44.1 Å². The Bertz CT molecular complexity index is 1080. The number of ether oxygens (including phenoxy) is 1. The molecule has 0 aliphatic heterocycles. The van der Waals surface area contributed by atoms with Crippen molar-refractivity contribution in [3.63, 3.8) is 0 Å². The molecule has 0 amide bonds. The fourth-order valence-electron chi connectivity index (χ4n) is 2.88. The van der Waals surface area contributed by atoms with Gasteiger partial charge in [-0.05, 0) is 23.3 Å². The van der Waals surface area contributed by atoms with Crippen molar-refractivity contribution in [1.29, 1.82) is 0 Å². The van der Waals surface area contributed by atoms with Crippen LogP contribution >= 0.6 is 11.3 Å². The van der Waals surface area contributed by atoms with Crippen molar-refractivity contribution in [2.45, 2.75) is 6.54 Å². The molecule has 4 aromatic rings. The molecule has 2 aromatic carbocycles. The molecule has 2 aromatic heterocycles. The molecule has 0 unspecified atom stereocenters. The van der Waals surface area contributed by atoms with Gasteiger partial charge in [-0.25, -0.2) is 4.98 Å². The molecule has 0 radical (unpaired) electrons. The summed E-state index contributed by atoms with van der Waals surface area (Å²) in [5.74, 6) is 0.778. The van der Waals surface area contributed by atoms with E-state index in [0.717, 1.165) is 27.3 Å². The SMILES string of the molecule is COc1cccc(Cn2cnc3scc(-c4ccccc4)c3c2=O)c1. The first-order valence-electron chi connectivity index (χ1n) is 7.91. The van der Waals surface area contributed by atoms with Gasteiger partial charge < -0.3 is 4.74 Å². The first-order chi connectivity index (χ1) is 12.3. The fraction of sp³-hybridized carbons (Fsp3) is 0.100. The molecule has 0 bridgehead atoms. The van der Waals surface area contributed by atoms with Crippen LogP contribution in [0.3, 0.4) is 0 Å². The van der Waals surface area contributed by atoms with E-state index in [0.29, 0.717) is 11.9 Å². The van der Waals surface area contributed by atoms with Crippen LogP contribution in [0, 0.1) is 0 Å². The second kappa shape index (κ2) is 6.53. The Hall–Kier alpha value is -2.92. The lowest BCUT2D eigenvalue weighted by Crippen LogP contribution is -2.21. The van der Waals surface area contributed by atoms with Crippen molar-refractivity contribution < 1.29 is 4.74 Å². The maximum absolute atomic E-state index is 13.0. The van der Waals surface area contributed by atoms with E-state index in [9.17, 15) is 4.79 Å². The number of hydrogen-bond donors (Lipinski definition) is 0. The molecular weight excluding hydrogens is 332 g/mol. The van der Waals surface area contributed by atoms with Gasteiger partial charge >= 0.3 is 0 Å². The van der Waals surface area contributed by atoms with Crippen molar-refractivity contribution in [2.24, 2.45) is 0 Å². The molecule has 0 atom stereocenters. The molecule has 0 aliphatic rings. The van der Waals surface area contributed by atoms with E-state index in [2.05, 4.69) is 4.98 Å². The number of fused-ring (bicyclic) bond motifs is 1. The molecule has 124 valence electrons. The van der Waals surface area contributed by atoms with Crippen LogP contribution in [0.1, 0.15) is 5.56 Å². The highest BCUT2D eigenvalue weighted by Gasteiger charge is 2.13. The summed E-state index contributed by atoms with van der Waals surface area (Å²) in [6, 6.07) is 17.7. The van der Waals surface area contributed by atoms with E-state index in [1.165, 1.54) is 11.3 Å². The van der Waals surface area contributed by atoms with E-state index in [4.69, 9.17) is 4.74 Å². The number of benzene rings is 2. The lowest BCUT2D eigenvalue weighted by molar-refractivity contribution is 0.414. The molecular formula is C20H16N2O2S. The minimum Gasteiger partial charge on any atom is -0.497 e. The van der Waals surface area contributed by atoms with Gasteiger partial charge in [-0.2, -0.15) is 0 Å². The third-order valence-electron chi connectivity index (χ3n) is 4.13. The number of hydrogen-bond acceptors (Lipinski definition) is 4. The Balaban J connectivity index is 1.81. The molecule has 0 spiro atoms. The highest BCUT2D eigenvalue weighted by atomic mass is 32.1. The van der Waals surface area contributed by atoms with Gasteiger partial charge in [0.05, 0.1) is 25.4 Å². The maximum Gasteiger partial charge on any atom is 0.263 e. The van der Waals surface area contributed by atoms with E-state index in [1.54, 1.807) is 18.0 Å². The minimum absolute atomic E-state index is 0.0204. The van der Waals surface area contributed by atoms with Crippen LogP contribution in [-0.4, -0.2) is 16.7 Å². The third kappa shape index (κ3) is 2.94. The molecule has 5 heteroatoms. The summed E-state index contributed by atoms with van der Waals surface area (Å²) in [6.07, 6.45) is 1.62. The summed E-state index contributed by atoms with van der Waals surface area (Å²) in [7, 11) is 1.64. The first-order valence-corrected chi connectivity index (χ1v) is 8.79. The molecule has 0 N–H and O–H groups in total. The number of nitrogens with zero attached hydrogens (tertiary/aromatic N) is 2. The van der Waals surface area contributed by atoms with Crippen molar-refractivity contribution in [1.82, 2.24) is 9.55 Å².